The topological polar surface area (TPSA) is 297 Å². The maximum absolute atomic E-state index is 13.4. The number of aromatic hydroxyl groups is 2. The van der Waals surface area contributed by atoms with Crippen molar-refractivity contribution >= 4 is 93.4 Å². The maximum atomic E-state index is 13.4. The van der Waals surface area contributed by atoms with Crippen LogP contribution in [0.15, 0.2) is 56.9 Å². The molecule has 1 aromatic heterocycles. The first-order valence-electron chi connectivity index (χ1n) is 15.3. The second-order valence-corrected chi connectivity index (χ2v) is 14.7. The van der Waals surface area contributed by atoms with Crippen molar-refractivity contribution in [2.45, 2.75) is 18.3 Å². The molecule has 4 amide bonds. The number of carboxylic acids is 1. The number of carbonyl (C=O) groups is 5. The van der Waals surface area contributed by atoms with Gasteiger partial charge in [-0.15, -0.1) is 52.8 Å². The van der Waals surface area contributed by atoms with Gasteiger partial charge < -0.3 is 41.2 Å². The van der Waals surface area contributed by atoms with Crippen LogP contribution >= 0.6 is 47.3 Å². The third kappa shape index (κ3) is 8.27. The number of anilines is 1. The van der Waals surface area contributed by atoms with Crippen LogP contribution in [0.2, 0.25) is 0 Å². The van der Waals surface area contributed by atoms with Crippen LogP contribution in [-0.2, 0) is 24.0 Å². The molecule has 0 aliphatic carbocycles. The van der Waals surface area contributed by atoms with Crippen molar-refractivity contribution in [3.63, 3.8) is 0 Å². The van der Waals surface area contributed by atoms with Gasteiger partial charge in [-0.25, -0.2) is 15.0 Å². The van der Waals surface area contributed by atoms with Gasteiger partial charge in [-0.05, 0) is 31.2 Å². The fourth-order valence-corrected chi connectivity index (χ4v) is 8.74. The monoisotopic (exact) mass is 825 g/mol. The van der Waals surface area contributed by atoms with Gasteiger partial charge in [-0.1, -0.05) is 5.16 Å². The molecule has 4 aliphatic rings. The first-order valence-corrected chi connectivity index (χ1v) is 18.2. The van der Waals surface area contributed by atoms with Crippen molar-refractivity contribution in [3.8, 4) is 11.5 Å². The molecule has 288 valence electrons. The van der Waals surface area contributed by atoms with Gasteiger partial charge in [0.05, 0.1) is 11.2 Å². The number of aliphatic carboxylic acids is 1. The Kier molecular flexibility index (Phi) is 12.1. The quantitative estimate of drug-likeness (QED) is 0.0539. The summed E-state index contributed by atoms with van der Waals surface area (Å²) < 4.78 is 0. The number of amides is 4. The lowest BCUT2D eigenvalue weighted by Gasteiger charge is -2.53. The highest BCUT2D eigenvalue weighted by atomic mass is 35.5. The van der Waals surface area contributed by atoms with Crippen LogP contribution in [0.1, 0.15) is 23.0 Å². The van der Waals surface area contributed by atoms with Crippen molar-refractivity contribution in [1.29, 1.82) is 0 Å². The van der Waals surface area contributed by atoms with E-state index in [2.05, 4.69) is 36.8 Å². The molecule has 6 rings (SSSR count). The molecule has 5 heterocycles. The molecular weight excluding hydrogens is 794 g/mol. The Bertz CT molecular complexity index is 1990. The third-order valence-electron chi connectivity index (χ3n) is 7.99. The number of thioether (sulfide) groups is 2. The highest BCUT2D eigenvalue weighted by Crippen LogP contribution is 2.45. The van der Waals surface area contributed by atoms with E-state index in [1.54, 1.807) is 24.2 Å². The summed E-state index contributed by atoms with van der Waals surface area (Å²) in [5.74, 6) is -4.39. The number of nitrogens with one attached hydrogen (secondary N) is 4. The van der Waals surface area contributed by atoms with Crippen molar-refractivity contribution in [1.82, 2.24) is 41.6 Å². The van der Waals surface area contributed by atoms with Crippen molar-refractivity contribution in [3.05, 3.63) is 58.0 Å². The van der Waals surface area contributed by atoms with E-state index >= 15 is 0 Å². The number of β-lactam (4-membered cyclic amide) rings is 1. The average Bonchev–Trinajstić information content (AvgIpc) is 3.76. The Balaban J connectivity index is 0.00000561. The van der Waals surface area contributed by atoms with Crippen LogP contribution in [0.3, 0.4) is 0 Å². The van der Waals surface area contributed by atoms with E-state index in [4.69, 9.17) is 10.6 Å². The number of aliphatic imine (C=N–C) groups is 1. The third-order valence-corrected chi connectivity index (χ3v) is 11.5. The summed E-state index contributed by atoms with van der Waals surface area (Å²) >= 11 is 3.47. The minimum absolute atomic E-state index is 0. The first kappa shape index (κ1) is 39.9. The number of carboxylic acid groups (broad SMARTS) is 1. The fraction of sp³-hybridized carbons (Fsp3) is 0.310. The molecule has 0 bridgehead atoms. The largest absolute Gasteiger partial charge is 0.504 e. The zero-order valence-electron chi connectivity index (χ0n) is 27.8. The normalized spacial score (nSPS) is 21.7. The highest BCUT2D eigenvalue weighted by Gasteiger charge is 2.57. The molecule has 0 saturated carbocycles. The van der Waals surface area contributed by atoms with E-state index in [1.807, 2.05) is 0 Å². The molecule has 1 aromatic carbocycles. The fourth-order valence-electron chi connectivity index (χ4n) is 5.27. The molecule has 0 radical (unpaired) electrons. The van der Waals surface area contributed by atoms with Crippen LogP contribution in [0.4, 0.5) is 5.13 Å². The second kappa shape index (κ2) is 16.4. The number of nitrogens with two attached hydrogens (primary N) is 1. The van der Waals surface area contributed by atoms with Crippen molar-refractivity contribution < 1.29 is 49.2 Å². The number of hydrazine groups is 3. The number of nitrogen functional groups attached to an aromatic ring is 1. The van der Waals surface area contributed by atoms with Crippen LogP contribution in [-0.4, -0.2) is 124 Å². The number of thiazole rings is 1. The molecule has 2 fully saturated rings. The number of rotatable bonds is 12. The van der Waals surface area contributed by atoms with Gasteiger partial charge in [-0.3, -0.25) is 39.8 Å². The molecule has 2 aromatic rings. The van der Waals surface area contributed by atoms with Crippen LogP contribution in [0, 0.1) is 5.41 Å². The van der Waals surface area contributed by atoms with Gasteiger partial charge in [-0.2, -0.15) is 0 Å². The van der Waals surface area contributed by atoms with E-state index in [-0.39, 0.29) is 53.6 Å². The number of benzene rings is 1. The number of hydrogen-bond acceptors (Lipinski definition) is 19. The van der Waals surface area contributed by atoms with Gasteiger partial charge >= 0.3 is 5.97 Å². The Morgan fingerprint density at radius 1 is 1.22 bits per heavy atom. The summed E-state index contributed by atoms with van der Waals surface area (Å²) in [4.78, 5) is 78.9. The molecule has 0 spiro atoms. The number of aliphatic hydroxyl groups excluding tert-OH is 1. The Morgan fingerprint density at radius 2 is 2.00 bits per heavy atom. The summed E-state index contributed by atoms with van der Waals surface area (Å²) in [5.41, 5.74) is 11.7. The van der Waals surface area contributed by atoms with Crippen LogP contribution in [0.5, 0.6) is 11.5 Å². The number of hydrogen-bond donors (Lipinski definition) is 9. The minimum Gasteiger partial charge on any atom is -0.504 e. The number of halogens is 1. The molecule has 10 N–H and O–H groups in total. The number of carbonyl (C=O) groups excluding carboxylic acids is 4. The van der Waals surface area contributed by atoms with E-state index < -0.39 is 70.2 Å². The van der Waals surface area contributed by atoms with Gasteiger partial charge in [0.1, 0.15) is 29.3 Å². The molecular formula is C29H32ClN11O10S3. The summed E-state index contributed by atoms with van der Waals surface area (Å²) in [5, 5.41) is 49.8. The van der Waals surface area contributed by atoms with E-state index in [0.717, 1.165) is 23.5 Å². The number of phenols is 2. The highest BCUT2D eigenvalue weighted by molar-refractivity contribution is 8.03. The number of aromatic nitrogens is 1. The summed E-state index contributed by atoms with van der Waals surface area (Å²) in [6, 6.07) is 2.25. The lowest BCUT2D eigenvalue weighted by molar-refractivity contribution is -0.157. The SMILES string of the molecule is CC1=NC2=CN(CO)NN2C(SCC2(C(=O)O)CS[C@@H]3C(NC(=O)C(=NOCC(=O)NNC(=O)c4ccc(O)c(O)c4)c4csc(N)n4)C(=O)N3C2)=C1.Cl. The number of oxime groups is 1. The van der Waals surface area contributed by atoms with Crippen LogP contribution < -0.4 is 27.4 Å². The Hall–Kier alpha value is -5.27. The molecule has 21 nitrogen and oxygen atoms in total. The minimum atomic E-state index is -1.33. The van der Waals surface area contributed by atoms with Crippen molar-refractivity contribution in [2.75, 3.05) is 37.1 Å². The number of phenolic OH excluding ortho intramolecular Hbond substituents is 2. The van der Waals surface area contributed by atoms with E-state index in [0.29, 0.717) is 16.6 Å². The molecule has 3 atom stereocenters. The van der Waals surface area contributed by atoms with Gasteiger partial charge in [0, 0.05) is 34.7 Å². The number of aliphatic hydroxyl groups is 1. The molecule has 2 unspecified atom stereocenters. The second-order valence-electron chi connectivity index (χ2n) is 11.8. The summed E-state index contributed by atoms with van der Waals surface area (Å²) in [6.07, 6.45) is 3.39. The predicted molar refractivity (Wildman–Crippen MR) is 197 cm³/mol. The lowest BCUT2D eigenvalue weighted by atomic mass is 9.89. The number of allylic oxidation sites excluding steroid dienone is 1. The zero-order chi connectivity index (χ0) is 38.0. The van der Waals surface area contributed by atoms with E-state index in [9.17, 15) is 44.4 Å². The molecule has 4 aliphatic heterocycles. The predicted octanol–water partition coefficient (Wildman–Crippen LogP) is -0.954. The van der Waals surface area contributed by atoms with Crippen LogP contribution in [0.25, 0.3) is 0 Å². The lowest BCUT2D eigenvalue weighted by Crippen LogP contribution is -2.74. The average molecular weight is 826 g/mol. The molecule has 54 heavy (non-hydrogen) atoms. The van der Waals surface area contributed by atoms with Gasteiger partial charge in [0.2, 0.25) is 5.91 Å². The Morgan fingerprint density at radius 3 is 2.69 bits per heavy atom. The number of fused-ring (bicyclic) bond motifs is 2. The molecule has 2 saturated heterocycles. The van der Waals surface area contributed by atoms with Crippen molar-refractivity contribution in [2.24, 2.45) is 15.6 Å². The van der Waals surface area contributed by atoms with Gasteiger partial charge in [0.15, 0.2) is 34.8 Å². The van der Waals surface area contributed by atoms with E-state index in [1.165, 1.54) is 44.9 Å². The summed E-state index contributed by atoms with van der Waals surface area (Å²) in [7, 11) is 0. The summed E-state index contributed by atoms with van der Waals surface area (Å²) in [6.45, 7) is 0.605. The standard InChI is InChI=1S/C29H31N11O10S3.ClH/c1-13-4-20(40-18(31-13)6-38(12-41)37-40)52-10-29(27(48)49)9-39-25(47)22(26(39)53-11-29)33-24(46)21(15-8-51-28(30)32-15)36-50-7-19(44)34-35-23(45)14-2-3-16(42)17(43)5-14;/h2-6,8,22,26,37,41-43H,7,9-12H2,1H3,(H2,30,32)(H,33,46)(H,34,44)(H,35,45)(H,48,49);1H/t22?,26-,29?;/m1./s1. The maximum Gasteiger partial charge on any atom is 0.313 e. The first-order chi connectivity index (χ1) is 25.3. The zero-order valence-corrected chi connectivity index (χ0v) is 31.1. The number of nitrogens with zero attached hydrogens (tertiary/aromatic N) is 6. The smallest absolute Gasteiger partial charge is 0.313 e. The molecule has 25 heteroatoms. The Labute approximate surface area is 323 Å². The van der Waals surface area contributed by atoms with Gasteiger partial charge in [0.25, 0.3) is 17.7 Å².